The Labute approximate surface area is 89.7 Å². The van der Waals surface area contributed by atoms with Gasteiger partial charge in [0.1, 0.15) is 0 Å². The average Bonchev–Trinajstić information content (AvgIpc) is 2.16. The highest BCUT2D eigenvalue weighted by Crippen LogP contribution is 2.35. The molecule has 0 spiro atoms. The monoisotopic (exact) mass is 197 g/mol. The molecule has 1 heteroatoms. The highest BCUT2D eigenvalue weighted by atomic mass is 15.0. The van der Waals surface area contributed by atoms with E-state index in [1.807, 2.05) is 0 Å². The Morgan fingerprint density at radius 3 is 2.29 bits per heavy atom. The van der Waals surface area contributed by atoms with Crippen LogP contribution in [-0.2, 0) is 0 Å². The summed E-state index contributed by atoms with van der Waals surface area (Å²) in [4.78, 5) is 0. The molecule has 1 aliphatic rings. The Morgan fingerprint density at radius 2 is 1.86 bits per heavy atom. The van der Waals surface area contributed by atoms with E-state index in [9.17, 15) is 0 Å². The standard InChI is InChI=1S/C13H27N/c1-5-10-14-13(4)8-6-12(7-9-13)11(2)3/h11-12,14H,5-10H2,1-4H3. The maximum atomic E-state index is 3.71. The molecule has 0 bridgehead atoms. The molecule has 14 heavy (non-hydrogen) atoms. The van der Waals surface area contributed by atoms with Crippen LogP contribution in [-0.4, -0.2) is 12.1 Å². The zero-order valence-corrected chi connectivity index (χ0v) is 10.4. The van der Waals surface area contributed by atoms with Crippen molar-refractivity contribution in [2.45, 2.75) is 65.3 Å². The third-order valence-corrected chi connectivity index (χ3v) is 3.88. The molecular formula is C13H27N. The summed E-state index contributed by atoms with van der Waals surface area (Å²) in [7, 11) is 0. The summed E-state index contributed by atoms with van der Waals surface area (Å²) < 4.78 is 0. The molecule has 0 aromatic heterocycles. The molecule has 0 atom stereocenters. The van der Waals surface area contributed by atoms with Gasteiger partial charge in [-0.25, -0.2) is 0 Å². The second-order valence-electron chi connectivity index (χ2n) is 5.57. The van der Waals surface area contributed by atoms with Gasteiger partial charge in [0.15, 0.2) is 0 Å². The maximum absolute atomic E-state index is 3.71. The molecule has 0 unspecified atom stereocenters. The second kappa shape index (κ2) is 5.16. The Morgan fingerprint density at radius 1 is 1.29 bits per heavy atom. The number of hydrogen-bond donors (Lipinski definition) is 1. The zero-order valence-electron chi connectivity index (χ0n) is 10.4. The van der Waals surface area contributed by atoms with Gasteiger partial charge in [0.25, 0.3) is 0 Å². The molecule has 1 N–H and O–H groups in total. The second-order valence-corrected chi connectivity index (χ2v) is 5.57. The van der Waals surface area contributed by atoms with Gasteiger partial charge in [-0.15, -0.1) is 0 Å². The van der Waals surface area contributed by atoms with E-state index in [2.05, 4.69) is 33.0 Å². The summed E-state index contributed by atoms with van der Waals surface area (Å²) in [5.74, 6) is 1.86. The number of rotatable bonds is 4. The van der Waals surface area contributed by atoms with E-state index in [1.54, 1.807) is 0 Å². The fourth-order valence-corrected chi connectivity index (χ4v) is 2.55. The molecule has 0 heterocycles. The number of hydrogen-bond acceptors (Lipinski definition) is 1. The van der Waals surface area contributed by atoms with Crippen molar-refractivity contribution in [1.82, 2.24) is 5.32 Å². The van der Waals surface area contributed by atoms with Crippen molar-refractivity contribution in [3.05, 3.63) is 0 Å². The van der Waals surface area contributed by atoms with E-state index in [1.165, 1.54) is 38.6 Å². The maximum Gasteiger partial charge on any atom is 0.0153 e. The van der Waals surface area contributed by atoms with Gasteiger partial charge in [0.05, 0.1) is 0 Å². The van der Waals surface area contributed by atoms with Crippen LogP contribution in [0.5, 0.6) is 0 Å². The summed E-state index contributed by atoms with van der Waals surface area (Å²) in [5, 5.41) is 3.71. The average molecular weight is 197 g/mol. The summed E-state index contributed by atoms with van der Waals surface area (Å²) in [6, 6.07) is 0. The Kier molecular flexibility index (Phi) is 4.43. The van der Waals surface area contributed by atoms with E-state index >= 15 is 0 Å². The molecule has 1 saturated carbocycles. The molecule has 1 aliphatic carbocycles. The molecule has 0 amide bonds. The highest BCUT2D eigenvalue weighted by Gasteiger charge is 2.31. The van der Waals surface area contributed by atoms with Crippen LogP contribution in [0.15, 0.2) is 0 Å². The predicted octanol–water partition coefficient (Wildman–Crippen LogP) is 3.59. The molecule has 1 nitrogen and oxygen atoms in total. The largest absolute Gasteiger partial charge is 0.312 e. The van der Waals surface area contributed by atoms with Crippen LogP contribution in [0.3, 0.4) is 0 Å². The third-order valence-electron chi connectivity index (χ3n) is 3.88. The van der Waals surface area contributed by atoms with E-state index < -0.39 is 0 Å². The Balaban J connectivity index is 2.33. The van der Waals surface area contributed by atoms with Crippen molar-refractivity contribution in [3.8, 4) is 0 Å². The molecule has 1 rings (SSSR count). The van der Waals surface area contributed by atoms with Crippen molar-refractivity contribution in [2.24, 2.45) is 11.8 Å². The van der Waals surface area contributed by atoms with Gasteiger partial charge in [-0.2, -0.15) is 0 Å². The minimum Gasteiger partial charge on any atom is -0.312 e. The molecule has 84 valence electrons. The first-order valence-corrected chi connectivity index (χ1v) is 6.32. The Bertz CT molecular complexity index is 155. The first-order valence-electron chi connectivity index (χ1n) is 6.32. The van der Waals surface area contributed by atoms with Crippen LogP contribution < -0.4 is 5.32 Å². The molecule has 1 fully saturated rings. The van der Waals surface area contributed by atoms with Crippen LogP contribution in [0.1, 0.15) is 59.8 Å². The van der Waals surface area contributed by atoms with Crippen molar-refractivity contribution >= 4 is 0 Å². The normalized spacial score (nSPS) is 33.6. The van der Waals surface area contributed by atoms with E-state index in [0.717, 1.165) is 11.8 Å². The van der Waals surface area contributed by atoms with Gasteiger partial charge in [-0.3, -0.25) is 0 Å². The topological polar surface area (TPSA) is 12.0 Å². The number of nitrogens with one attached hydrogen (secondary N) is 1. The summed E-state index contributed by atoms with van der Waals surface area (Å²) in [6.45, 7) is 10.6. The SMILES string of the molecule is CCCNC1(C)CCC(C(C)C)CC1. The molecule has 0 aliphatic heterocycles. The van der Waals surface area contributed by atoms with Crippen LogP contribution in [0.4, 0.5) is 0 Å². The van der Waals surface area contributed by atoms with E-state index in [-0.39, 0.29) is 0 Å². The van der Waals surface area contributed by atoms with Gasteiger partial charge >= 0.3 is 0 Å². The van der Waals surface area contributed by atoms with Crippen LogP contribution >= 0.6 is 0 Å². The fraction of sp³-hybridized carbons (Fsp3) is 1.00. The fourth-order valence-electron chi connectivity index (χ4n) is 2.55. The molecule has 0 saturated heterocycles. The Hall–Kier alpha value is -0.0400. The lowest BCUT2D eigenvalue weighted by Gasteiger charge is -2.39. The lowest BCUT2D eigenvalue weighted by Crippen LogP contribution is -2.46. The summed E-state index contributed by atoms with van der Waals surface area (Å²) in [6.07, 6.45) is 6.84. The smallest absolute Gasteiger partial charge is 0.0153 e. The zero-order chi connectivity index (χ0) is 10.6. The van der Waals surface area contributed by atoms with E-state index in [4.69, 9.17) is 0 Å². The van der Waals surface area contributed by atoms with Crippen LogP contribution in [0, 0.1) is 11.8 Å². The highest BCUT2D eigenvalue weighted by molar-refractivity contribution is 4.89. The van der Waals surface area contributed by atoms with Crippen molar-refractivity contribution in [2.75, 3.05) is 6.54 Å². The summed E-state index contributed by atoms with van der Waals surface area (Å²) >= 11 is 0. The van der Waals surface area contributed by atoms with E-state index in [0.29, 0.717) is 5.54 Å². The quantitative estimate of drug-likeness (QED) is 0.726. The minimum atomic E-state index is 0.446. The van der Waals surface area contributed by atoms with Crippen LogP contribution in [0.2, 0.25) is 0 Å². The molecule has 0 aromatic carbocycles. The van der Waals surface area contributed by atoms with Gasteiger partial charge < -0.3 is 5.32 Å². The van der Waals surface area contributed by atoms with Crippen molar-refractivity contribution in [3.63, 3.8) is 0 Å². The van der Waals surface area contributed by atoms with Crippen LogP contribution in [0.25, 0.3) is 0 Å². The van der Waals surface area contributed by atoms with Gasteiger partial charge in [-0.05, 0) is 57.4 Å². The molecular weight excluding hydrogens is 170 g/mol. The predicted molar refractivity (Wildman–Crippen MR) is 63.5 cm³/mol. The molecule has 0 aromatic rings. The van der Waals surface area contributed by atoms with Gasteiger partial charge in [-0.1, -0.05) is 20.8 Å². The molecule has 0 radical (unpaired) electrons. The lowest BCUT2D eigenvalue weighted by molar-refractivity contribution is 0.175. The lowest BCUT2D eigenvalue weighted by atomic mass is 9.73. The van der Waals surface area contributed by atoms with Gasteiger partial charge in [0.2, 0.25) is 0 Å². The summed E-state index contributed by atoms with van der Waals surface area (Å²) in [5.41, 5.74) is 0.446. The minimum absolute atomic E-state index is 0.446. The first-order chi connectivity index (χ1) is 6.57. The van der Waals surface area contributed by atoms with Crippen molar-refractivity contribution < 1.29 is 0 Å². The van der Waals surface area contributed by atoms with Crippen molar-refractivity contribution in [1.29, 1.82) is 0 Å². The third kappa shape index (κ3) is 3.27. The van der Waals surface area contributed by atoms with Gasteiger partial charge in [0, 0.05) is 5.54 Å². The first kappa shape index (κ1) is 12.0.